The topological polar surface area (TPSA) is 50.9 Å². The highest BCUT2D eigenvalue weighted by atomic mass is 14.9. The van der Waals surface area contributed by atoms with Gasteiger partial charge in [0.25, 0.3) is 0 Å². The standard InChI is InChI=1S/C12H17N3/c13-11-9-14-7-6-12(11)15-8-5-10-3-1-2-4-10/h3,6-7,9H,1-2,4-5,8,13H2,(H,14,15). The Bertz CT molecular complexity index is 358. The van der Waals surface area contributed by atoms with Crippen molar-refractivity contribution in [2.75, 3.05) is 17.6 Å². The van der Waals surface area contributed by atoms with Gasteiger partial charge in [-0.25, -0.2) is 0 Å². The summed E-state index contributed by atoms with van der Waals surface area (Å²) in [6, 6.07) is 1.92. The minimum absolute atomic E-state index is 0.720. The van der Waals surface area contributed by atoms with Gasteiger partial charge in [0.05, 0.1) is 17.6 Å². The summed E-state index contributed by atoms with van der Waals surface area (Å²) >= 11 is 0. The molecule has 0 bridgehead atoms. The summed E-state index contributed by atoms with van der Waals surface area (Å²) in [6.45, 7) is 0.958. The molecule has 1 heterocycles. The predicted octanol–water partition coefficient (Wildman–Crippen LogP) is 2.58. The van der Waals surface area contributed by atoms with E-state index in [1.54, 1.807) is 18.0 Å². The molecule has 3 heteroatoms. The van der Waals surface area contributed by atoms with Crippen molar-refractivity contribution in [1.82, 2.24) is 4.98 Å². The molecule has 0 saturated heterocycles. The fourth-order valence-corrected chi connectivity index (χ4v) is 1.89. The second-order valence-electron chi connectivity index (χ2n) is 3.89. The molecule has 80 valence electrons. The number of allylic oxidation sites excluding steroid dienone is 1. The third-order valence-electron chi connectivity index (χ3n) is 2.75. The monoisotopic (exact) mass is 203 g/mol. The highest BCUT2D eigenvalue weighted by Gasteiger charge is 2.04. The van der Waals surface area contributed by atoms with Gasteiger partial charge in [0.15, 0.2) is 0 Å². The molecule has 0 fully saturated rings. The lowest BCUT2D eigenvalue weighted by Crippen LogP contribution is -2.04. The number of nitrogens with one attached hydrogen (secondary N) is 1. The van der Waals surface area contributed by atoms with Gasteiger partial charge in [0.1, 0.15) is 0 Å². The van der Waals surface area contributed by atoms with Crippen LogP contribution in [-0.2, 0) is 0 Å². The minimum atomic E-state index is 0.720. The van der Waals surface area contributed by atoms with Crippen molar-refractivity contribution in [3.63, 3.8) is 0 Å². The molecule has 0 amide bonds. The lowest BCUT2D eigenvalue weighted by atomic mass is 10.1. The molecule has 3 N–H and O–H groups in total. The zero-order valence-electron chi connectivity index (χ0n) is 8.87. The highest BCUT2D eigenvalue weighted by Crippen LogP contribution is 2.21. The zero-order valence-corrected chi connectivity index (χ0v) is 8.87. The van der Waals surface area contributed by atoms with Crippen LogP contribution in [-0.4, -0.2) is 11.5 Å². The summed E-state index contributed by atoms with van der Waals surface area (Å²) in [5.74, 6) is 0. The van der Waals surface area contributed by atoms with Crippen molar-refractivity contribution >= 4 is 11.4 Å². The van der Waals surface area contributed by atoms with Crippen molar-refractivity contribution in [3.8, 4) is 0 Å². The largest absolute Gasteiger partial charge is 0.396 e. The molecule has 1 aliphatic rings. The summed E-state index contributed by atoms with van der Waals surface area (Å²) in [5, 5.41) is 3.33. The zero-order chi connectivity index (χ0) is 10.5. The number of nitrogen functional groups attached to an aromatic ring is 1. The van der Waals surface area contributed by atoms with Crippen molar-refractivity contribution in [3.05, 3.63) is 30.1 Å². The number of aromatic nitrogens is 1. The van der Waals surface area contributed by atoms with Gasteiger partial charge in [-0.15, -0.1) is 0 Å². The van der Waals surface area contributed by atoms with Crippen molar-refractivity contribution in [2.24, 2.45) is 0 Å². The predicted molar refractivity (Wildman–Crippen MR) is 63.7 cm³/mol. The van der Waals surface area contributed by atoms with Crippen LogP contribution in [0.3, 0.4) is 0 Å². The molecule has 0 saturated carbocycles. The first-order chi connectivity index (χ1) is 7.36. The first-order valence-corrected chi connectivity index (χ1v) is 5.47. The SMILES string of the molecule is Nc1cnccc1NCCC1=CCCC1. The van der Waals surface area contributed by atoms with Crippen molar-refractivity contribution in [2.45, 2.75) is 25.7 Å². The Hall–Kier alpha value is -1.51. The second-order valence-corrected chi connectivity index (χ2v) is 3.89. The van der Waals surface area contributed by atoms with Gasteiger partial charge in [0, 0.05) is 12.7 Å². The van der Waals surface area contributed by atoms with E-state index in [9.17, 15) is 0 Å². The average Bonchev–Trinajstić information content (AvgIpc) is 2.74. The molecular weight excluding hydrogens is 186 g/mol. The highest BCUT2D eigenvalue weighted by molar-refractivity contribution is 5.64. The van der Waals surface area contributed by atoms with Gasteiger partial charge in [-0.2, -0.15) is 0 Å². The molecule has 0 radical (unpaired) electrons. The van der Waals surface area contributed by atoms with Crippen LogP contribution in [0.25, 0.3) is 0 Å². The maximum absolute atomic E-state index is 5.78. The first kappa shape index (κ1) is 10.0. The van der Waals surface area contributed by atoms with Gasteiger partial charge < -0.3 is 11.1 Å². The smallest absolute Gasteiger partial charge is 0.0736 e. The van der Waals surface area contributed by atoms with E-state index in [0.29, 0.717) is 0 Å². The lowest BCUT2D eigenvalue weighted by molar-refractivity contribution is 0.863. The number of nitrogens with zero attached hydrogens (tertiary/aromatic N) is 1. The Morgan fingerprint density at radius 2 is 2.40 bits per heavy atom. The quantitative estimate of drug-likeness (QED) is 0.739. The summed E-state index contributed by atoms with van der Waals surface area (Å²) in [4.78, 5) is 3.95. The van der Waals surface area contributed by atoms with E-state index in [4.69, 9.17) is 5.73 Å². The molecule has 2 rings (SSSR count). The van der Waals surface area contributed by atoms with Crippen LogP contribution in [0.1, 0.15) is 25.7 Å². The van der Waals surface area contributed by atoms with Crippen LogP contribution in [0, 0.1) is 0 Å². The van der Waals surface area contributed by atoms with E-state index in [0.717, 1.165) is 24.3 Å². The summed E-state index contributed by atoms with van der Waals surface area (Å²) < 4.78 is 0. The van der Waals surface area contributed by atoms with E-state index in [-0.39, 0.29) is 0 Å². The molecule has 0 spiro atoms. The Morgan fingerprint density at radius 3 is 3.13 bits per heavy atom. The molecule has 0 aliphatic heterocycles. The molecule has 1 aliphatic carbocycles. The van der Waals surface area contributed by atoms with Crippen molar-refractivity contribution < 1.29 is 0 Å². The number of pyridine rings is 1. The van der Waals surface area contributed by atoms with Gasteiger partial charge in [-0.3, -0.25) is 4.98 Å². The summed E-state index contributed by atoms with van der Waals surface area (Å²) in [5.41, 5.74) is 9.06. The van der Waals surface area contributed by atoms with E-state index < -0.39 is 0 Å². The molecule has 0 atom stereocenters. The Morgan fingerprint density at radius 1 is 1.47 bits per heavy atom. The van der Waals surface area contributed by atoms with Crippen LogP contribution in [0.4, 0.5) is 11.4 Å². The molecule has 1 aromatic heterocycles. The first-order valence-electron chi connectivity index (χ1n) is 5.47. The van der Waals surface area contributed by atoms with E-state index in [1.165, 1.54) is 19.3 Å². The normalized spacial score (nSPS) is 15.1. The summed E-state index contributed by atoms with van der Waals surface area (Å²) in [7, 11) is 0. The third kappa shape index (κ3) is 2.72. The van der Waals surface area contributed by atoms with Crippen LogP contribution in [0.15, 0.2) is 30.1 Å². The van der Waals surface area contributed by atoms with E-state index in [1.807, 2.05) is 6.07 Å². The second kappa shape index (κ2) is 4.82. The summed E-state index contributed by atoms with van der Waals surface area (Å²) in [6.07, 6.45) is 10.8. The van der Waals surface area contributed by atoms with Crippen molar-refractivity contribution in [1.29, 1.82) is 0 Å². The maximum atomic E-state index is 5.78. The average molecular weight is 203 g/mol. The molecule has 15 heavy (non-hydrogen) atoms. The fraction of sp³-hybridized carbons (Fsp3) is 0.417. The lowest BCUT2D eigenvalue weighted by Gasteiger charge is -2.08. The molecule has 0 aromatic carbocycles. The molecule has 3 nitrogen and oxygen atoms in total. The third-order valence-corrected chi connectivity index (χ3v) is 2.75. The Labute approximate surface area is 90.4 Å². The number of hydrogen-bond donors (Lipinski definition) is 2. The Kier molecular flexibility index (Phi) is 3.22. The van der Waals surface area contributed by atoms with Gasteiger partial charge in [-0.1, -0.05) is 11.6 Å². The number of anilines is 2. The molecular formula is C12H17N3. The number of rotatable bonds is 4. The van der Waals surface area contributed by atoms with Crippen LogP contribution in [0.2, 0.25) is 0 Å². The van der Waals surface area contributed by atoms with E-state index in [2.05, 4.69) is 16.4 Å². The van der Waals surface area contributed by atoms with Crippen LogP contribution in [0.5, 0.6) is 0 Å². The van der Waals surface area contributed by atoms with E-state index >= 15 is 0 Å². The van der Waals surface area contributed by atoms with Crippen LogP contribution < -0.4 is 11.1 Å². The maximum Gasteiger partial charge on any atom is 0.0736 e. The fourth-order valence-electron chi connectivity index (χ4n) is 1.89. The van der Waals surface area contributed by atoms with Gasteiger partial charge >= 0.3 is 0 Å². The number of hydrogen-bond acceptors (Lipinski definition) is 3. The molecule has 0 unspecified atom stereocenters. The Balaban J connectivity index is 1.80. The minimum Gasteiger partial charge on any atom is -0.396 e. The van der Waals surface area contributed by atoms with Gasteiger partial charge in [0.2, 0.25) is 0 Å². The molecule has 1 aromatic rings. The van der Waals surface area contributed by atoms with Gasteiger partial charge in [-0.05, 0) is 31.7 Å². The number of nitrogens with two attached hydrogens (primary N) is 1. The van der Waals surface area contributed by atoms with Crippen LogP contribution >= 0.6 is 0 Å².